The fourth-order valence-electron chi connectivity index (χ4n) is 2.13. The maximum Gasteiger partial charge on any atom is 0.153 e. The van der Waals surface area contributed by atoms with Crippen molar-refractivity contribution in [2.24, 2.45) is 0 Å². The quantitative estimate of drug-likeness (QED) is 0.773. The second kappa shape index (κ2) is 4.54. The molecule has 1 unspecified atom stereocenters. The molecule has 0 aliphatic heterocycles. The SMILES string of the molecule is COC1=CC=CCC1(OC)c1ccccc1. The predicted molar refractivity (Wildman–Crippen MR) is 64.0 cm³/mol. The van der Waals surface area contributed by atoms with E-state index in [4.69, 9.17) is 9.47 Å². The van der Waals surface area contributed by atoms with Gasteiger partial charge in [-0.15, -0.1) is 0 Å². The fraction of sp³-hybridized carbons (Fsp3) is 0.286. The molecule has 0 heterocycles. The van der Waals surface area contributed by atoms with Crippen LogP contribution >= 0.6 is 0 Å². The number of hydrogen-bond acceptors (Lipinski definition) is 2. The molecule has 2 heteroatoms. The van der Waals surface area contributed by atoms with Crippen molar-refractivity contribution in [1.82, 2.24) is 0 Å². The van der Waals surface area contributed by atoms with Gasteiger partial charge in [-0.25, -0.2) is 0 Å². The molecular weight excluding hydrogens is 200 g/mol. The second-order valence-corrected chi connectivity index (χ2v) is 3.76. The summed E-state index contributed by atoms with van der Waals surface area (Å²) in [6, 6.07) is 10.2. The van der Waals surface area contributed by atoms with Crippen LogP contribution in [0.3, 0.4) is 0 Å². The van der Waals surface area contributed by atoms with Crippen LogP contribution in [0.4, 0.5) is 0 Å². The van der Waals surface area contributed by atoms with Crippen LogP contribution < -0.4 is 0 Å². The lowest BCUT2D eigenvalue weighted by atomic mass is 9.85. The zero-order chi connectivity index (χ0) is 11.4. The van der Waals surface area contributed by atoms with Gasteiger partial charge in [-0.3, -0.25) is 0 Å². The molecule has 1 aromatic carbocycles. The molecule has 0 N–H and O–H groups in total. The van der Waals surface area contributed by atoms with Crippen molar-refractivity contribution >= 4 is 0 Å². The summed E-state index contributed by atoms with van der Waals surface area (Å²) in [5.41, 5.74) is 0.653. The summed E-state index contributed by atoms with van der Waals surface area (Å²) in [6.45, 7) is 0. The molecule has 0 radical (unpaired) electrons. The Bertz CT molecular complexity index is 406. The molecule has 0 amide bonds. The Balaban J connectivity index is 2.48. The van der Waals surface area contributed by atoms with Crippen LogP contribution in [0.1, 0.15) is 12.0 Å². The average molecular weight is 216 g/mol. The van der Waals surface area contributed by atoms with E-state index in [0.717, 1.165) is 17.7 Å². The first kappa shape index (κ1) is 11.0. The van der Waals surface area contributed by atoms with E-state index in [1.807, 2.05) is 30.4 Å². The smallest absolute Gasteiger partial charge is 0.153 e. The predicted octanol–water partition coefficient (Wildman–Crippen LogP) is 3.02. The molecular formula is C14H16O2. The van der Waals surface area contributed by atoms with Crippen molar-refractivity contribution in [2.45, 2.75) is 12.0 Å². The lowest BCUT2D eigenvalue weighted by Crippen LogP contribution is -2.32. The lowest BCUT2D eigenvalue weighted by Gasteiger charge is -2.34. The van der Waals surface area contributed by atoms with Gasteiger partial charge in [0.2, 0.25) is 0 Å². The van der Waals surface area contributed by atoms with E-state index >= 15 is 0 Å². The summed E-state index contributed by atoms with van der Waals surface area (Å²) in [6.07, 6.45) is 6.85. The number of allylic oxidation sites excluding steroid dienone is 2. The number of rotatable bonds is 3. The largest absolute Gasteiger partial charge is 0.498 e. The summed E-state index contributed by atoms with van der Waals surface area (Å²) < 4.78 is 11.2. The van der Waals surface area contributed by atoms with Crippen LogP contribution in [0.25, 0.3) is 0 Å². The lowest BCUT2D eigenvalue weighted by molar-refractivity contribution is -0.0228. The van der Waals surface area contributed by atoms with Crippen molar-refractivity contribution < 1.29 is 9.47 Å². The minimum absolute atomic E-state index is 0.468. The highest BCUT2D eigenvalue weighted by Gasteiger charge is 2.37. The molecule has 0 aromatic heterocycles. The molecule has 0 bridgehead atoms. The van der Waals surface area contributed by atoms with Gasteiger partial charge in [0.05, 0.1) is 7.11 Å². The molecule has 1 aliphatic carbocycles. The molecule has 2 nitrogen and oxygen atoms in total. The summed E-state index contributed by atoms with van der Waals surface area (Å²) in [7, 11) is 3.40. The van der Waals surface area contributed by atoms with Crippen molar-refractivity contribution in [2.75, 3.05) is 14.2 Å². The van der Waals surface area contributed by atoms with Gasteiger partial charge in [-0.1, -0.05) is 42.5 Å². The third-order valence-electron chi connectivity index (χ3n) is 3.00. The molecule has 2 rings (SSSR count). The molecule has 1 atom stereocenters. The molecule has 0 saturated carbocycles. The van der Waals surface area contributed by atoms with Gasteiger partial charge in [0.15, 0.2) is 5.60 Å². The maximum absolute atomic E-state index is 5.72. The summed E-state index contributed by atoms with van der Waals surface area (Å²) in [5.74, 6) is 0.851. The molecule has 84 valence electrons. The van der Waals surface area contributed by atoms with Crippen LogP contribution in [0.5, 0.6) is 0 Å². The molecule has 0 saturated heterocycles. The van der Waals surface area contributed by atoms with Crippen LogP contribution in [-0.4, -0.2) is 14.2 Å². The number of hydrogen-bond donors (Lipinski definition) is 0. The van der Waals surface area contributed by atoms with E-state index in [1.54, 1.807) is 14.2 Å². The molecule has 0 spiro atoms. The van der Waals surface area contributed by atoms with Gasteiger partial charge in [-0.2, -0.15) is 0 Å². The minimum atomic E-state index is -0.468. The number of benzene rings is 1. The first-order chi connectivity index (χ1) is 7.83. The van der Waals surface area contributed by atoms with E-state index in [1.165, 1.54) is 0 Å². The Labute approximate surface area is 96.2 Å². The van der Waals surface area contributed by atoms with Gasteiger partial charge in [-0.05, 0) is 11.6 Å². The van der Waals surface area contributed by atoms with Gasteiger partial charge in [0, 0.05) is 13.5 Å². The van der Waals surface area contributed by atoms with Gasteiger partial charge >= 0.3 is 0 Å². The van der Waals surface area contributed by atoms with E-state index in [-0.39, 0.29) is 0 Å². The molecule has 0 fully saturated rings. The van der Waals surface area contributed by atoms with Crippen LogP contribution in [0, 0.1) is 0 Å². The standard InChI is InChI=1S/C14H16O2/c1-15-13-10-6-7-11-14(13,16-2)12-8-4-3-5-9-12/h3-10H,11H2,1-2H3. The highest BCUT2D eigenvalue weighted by Crippen LogP contribution is 2.39. The summed E-state index contributed by atoms with van der Waals surface area (Å²) in [5, 5.41) is 0. The van der Waals surface area contributed by atoms with E-state index in [0.29, 0.717) is 0 Å². The van der Waals surface area contributed by atoms with Crippen molar-refractivity contribution in [3.05, 3.63) is 59.9 Å². The Morgan fingerprint density at radius 2 is 1.88 bits per heavy atom. The van der Waals surface area contributed by atoms with Crippen LogP contribution in [-0.2, 0) is 15.1 Å². The van der Waals surface area contributed by atoms with Gasteiger partial charge in [0.25, 0.3) is 0 Å². The topological polar surface area (TPSA) is 18.5 Å². The third kappa shape index (κ3) is 1.65. The maximum atomic E-state index is 5.72. The summed E-state index contributed by atoms with van der Waals surface area (Å²) >= 11 is 0. The van der Waals surface area contributed by atoms with E-state index in [2.05, 4.69) is 18.2 Å². The normalized spacial score (nSPS) is 24.0. The highest BCUT2D eigenvalue weighted by molar-refractivity contribution is 5.36. The zero-order valence-corrected chi connectivity index (χ0v) is 9.64. The zero-order valence-electron chi connectivity index (χ0n) is 9.64. The second-order valence-electron chi connectivity index (χ2n) is 3.76. The number of methoxy groups -OCH3 is 2. The molecule has 1 aromatic rings. The number of ether oxygens (including phenoxy) is 2. The average Bonchev–Trinajstić information content (AvgIpc) is 2.39. The van der Waals surface area contributed by atoms with E-state index < -0.39 is 5.60 Å². The molecule has 16 heavy (non-hydrogen) atoms. The third-order valence-corrected chi connectivity index (χ3v) is 3.00. The van der Waals surface area contributed by atoms with Crippen molar-refractivity contribution in [3.63, 3.8) is 0 Å². The Morgan fingerprint density at radius 3 is 2.50 bits per heavy atom. The van der Waals surface area contributed by atoms with E-state index in [9.17, 15) is 0 Å². The van der Waals surface area contributed by atoms with Crippen LogP contribution in [0.2, 0.25) is 0 Å². The Morgan fingerprint density at radius 1 is 1.12 bits per heavy atom. The van der Waals surface area contributed by atoms with Crippen LogP contribution in [0.15, 0.2) is 54.3 Å². The Kier molecular flexibility index (Phi) is 3.11. The van der Waals surface area contributed by atoms with Gasteiger partial charge in [0.1, 0.15) is 5.76 Å². The monoisotopic (exact) mass is 216 g/mol. The highest BCUT2D eigenvalue weighted by atomic mass is 16.5. The first-order valence-corrected chi connectivity index (χ1v) is 5.35. The molecule has 1 aliphatic rings. The fourth-order valence-corrected chi connectivity index (χ4v) is 2.13. The van der Waals surface area contributed by atoms with Gasteiger partial charge < -0.3 is 9.47 Å². The first-order valence-electron chi connectivity index (χ1n) is 5.35. The minimum Gasteiger partial charge on any atom is -0.498 e. The van der Waals surface area contributed by atoms with Crippen molar-refractivity contribution in [1.29, 1.82) is 0 Å². The summed E-state index contributed by atoms with van der Waals surface area (Å²) in [4.78, 5) is 0. The Hall–Kier alpha value is -1.54. The van der Waals surface area contributed by atoms with Crippen molar-refractivity contribution in [3.8, 4) is 0 Å².